The number of amides is 1. The number of carbonyl (C=O) groups excluding carboxylic acids is 1. The summed E-state index contributed by atoms with van der Waals surface area (Å²) in [5.74, 6) is 0.712. The van der Waals surface area contributed by atoms with Crippen molar-refractivity contribution in [3.8, 4) is 11.4 Å². The maximum absolute atomic E-state index is 12.9. The number of aromatic nitrogens is 3. The van der Waals surface area contributed by atoms with Gasteiger partial charge in [-0.15, -0.1) is 10.2 Å². The van der Waals surface area contributed by atoms with Crippen molar-refractivity contribution in [2.24, 2.45) is 7.05 Å². The van der Waals surface area contributed by atoms with Gasteiger partial charge in [-0.05, 0) is 49.6 Å². The Labute approximate surface area is 204 Å². The normalized spacial score (nSPS) is 15.1. The van der Waals surface area contributed by atoms with E-state index in [1.165, 1.54) is 11.8 Å². The summed E-state index contributed by atoms with van der Waals surface area (Å²) in [7, 11) is -1.63. The van der Waals surface area contributed by atoms with Crippen molar-refractivity contribution < 1.29 is 13.2 Å². The number of sulfonamides is 1. The number of hydrogen-bond acceptors (Lipinski definition) is 6. The summed E-state index contributed by atoms with van der Waals surface area (Å²) < 4.78 is 29.3. The summed E-state index contributed by atoms with van der Waals surface area (Å²) >= 11 is 1.30. The molecule has 34 heavy (non-hydrogen) atoms. The van der Waals surface area contributed by atoms with E-state index in [0.717, 1.165) is 42.6 Å². The fourth-order valence-electron chi connectivity index (χ4n) is 3.97. The second-order valence-electron chi connectivity index (χ2n) is 8.36. The molecule has 0 aliphatic carbocycles. The lowest BCUT2D eigenvalue weighted by atomic mass is 10.1. The highest BCUT2D eigenvalue weighted by Crippen LogP contribution is 2.25. The zero-order chi connectivity index (χ0) is 24.1. The molecular formula is C24H29N5O3S2. The first kappa shape index (κ1) is 24.4. The van der Waals surface area contributed by atoms with Crippen LogP contribution in [0.5, 0.6) is 0 Å². The predicted octanol–water partition coefficient (Wildman–Crippen LogP) is 4.09. The monoisotopic (exact) mass is 499 g/mol. The van der Waals surface area contributed by atoms with Crippen molar-refractivity contribution in [3.05, 3.63) is 54.1 Å². The Bertz CT molecular complexity index is 1250. The van der Waals surface area contributed by atoms with Crippen LogP contribution in [0, 0.1) is 6.92 Å². The second-order valence-corrected chi connectivity index (χ2v) is 11.2. The lowest BCUT2D eigenvalue weighted by Crippen LogP contribution is -2.31. The van der Waals surface area contributed by atoms with Crippen molar-refractivity contribution in [1.29, 1.82) is 0 Å². The van der Waals surface area contributed by atoms with Gasteiger partial charge in [0.2, 0.25) is 15.9 Å². The molecule has 0 saturated carbocycles. The minimum atomic E-state index is -3.51. The molecule has 2 heterocycles. The van der Waals surface area contributed by atoms with Crippen LogP contribution in [-0.2, 0) is 21.9 Å². The zero-order valence-corrected chi connectivity index (χ0v) is 21.0. The summed E-state index contributed by atoms with van der Waals surface area (Å²) in [6, 6.07) is 14.3. The molecule has 1 aliphatic rings. The van der Waals surface area contributed by atoms with E-state index in [1.54, 1.807) is 28.6 Å². The molecule has 0 atom stereocenters. The van der Waals surface area contributed by atoms with Gasteiger partial charge in [-0.3, -0.25) is 4.79 Å². The third kappa shape index (κ3) is 5.51. The van der Waals surface area contributed by atoms with Crippen LogP contribution in [0.4, 0.5) is 5.69 Å². The number of aryl methyl sites for hydroxylation is 1. The van der Waals surface area contributed by atoms with Crippen LogP contribution in [0.1, 0.15) is 31.2 Å². The van der Waals surface area contributed by atoms with E-state index in [2.05, 4.69) is 15.5 Å². The molecule has 1 aliphatic heterocycles. The maximum atomic E-state index is 12.9. The third-order valence-electron chi connectivity index (χ3n) is 5.89. The van der Waals surface area contributed by atoms with E-state index >= 15 is 0 Å². The smallest absolute Gasteiger partial charge is 0.243 e. The molecule has 1 N–H and O–H groups in total. The number of benzene rings is 2. The predicted molar refractivity (Wildman–Crippen MR) is 134 cm³/mol. The molecule has 180 valence electrons. The highest BCUT2D eigenvalue weighted by atomic mass is 32.2. The molecule has 4 rings (SSSR count). The molecule has 1 fully saturated rings. The van der Waals surface area contributed by atoms with Crippen LogP contribution in [0.25, 0.3) is 11.4 Å². The van der Waals surface area contributed by atoms with Gasteiger partial charge in [0.05, 0.1) is 10.6 Å². The largest absolute Gasteiger partial charge is 0.325 e. The van der Waals surface area contributed by atoms with Crippen molar-refractivity contribution in [1.82, 2.24) is 19.1 Å². The highest BCUT2D eigenvalue weighted by molar-refractivity contribution is 7.99. The first-order valence-electron chi connectivity index (χ1n) is 11.3. The average molecular weight is 500 g/mol. The summed E-state index contributed by atoms with van der Waals surface area (Å²) in [6.07, 6.45) is 3.92. The number of rotatable bonds is 7. The maximum Gasteiger partial charge on any atom is 0.243 e. The third-order valence-corrected chi connectivity index (χ3v) is 8.83. The van der Waals surface area contributed by atoms with E-state index < -0.39 is 10.0 Å². The van der Waals surface area contributed by atoms with Crippen molar-refractivity contribution in [3.63, 3.8) is 0 Å². The minimum absolute atomic E-state index is 0.160. The Hall–Kier alpha value is -2.69. The summed E-state index contributed by atoms with van der Waals surface area (Å²) in [4.78, 5) is 12.7. The molecule has 1 aromatic heterocycles. The topological polar surface area (TPSA) is 97.2 Å². The quantitative estimate of drug-likeness (QED) is 0.492. The fraction of sp³-hybridized carbons (Fsp3) is 0.375. The van der Waals surface area contributed by atoms with Crippen LogP contribution in [-0.4, -0.2) is 52.2 Å². The molecule has 0 unspecified atom stereocenters. The SMILES string of the molecule is Cc1ccccc1-c1nnc(SCC(=O)Nc2ccc(S(=O)(=O)N3CCCCCC3)cc2)n1C. The van der Waals surface area contributed by atoms with Gasteiger partial charge in [0.15, 0.2) is 11.0 Å². The number of anilines is 1. The van der Waals surface area contributed by atoms with Crippen molar-refractivity contribution in [2.75, 3.05) is 24.2 Å². The molecule has 3 aromatic rings. The Balaban J connectivity index is 1.35. The van der Waals surface area contributed by atoms with Crippen LogP contribution in [0.15, 0.2) is 58.6 Å². The average Bonchev–Trinajstić information content (AvgIpc) is 3.01. The van der Waals surface area contributed by atoms with E-state index in [1.807, 2.05) is 42.8 Å². The second kappa shape index (κ2) is 10.7. The molecule has 2 aromatic carbocycles. The van der Waals surface area contributed by atoms with Crippen molar-refractivity contribution in [2.45, 2.75) is 42.7 Å². The van der Waals surface area contributed by atoms with Gasteiger partial charge in [0.1, 0.15) is 0 Å². The molecular weight excluding hydrogens is 470 g/mol. The number of carbonyl (C=O) groups is 1. The van der Waals surface area contributed by atoms with Gasteiger partial charge in [0, 0.05) is 31.4 Å². The number of nitrogens with one attached hydrogen (secondary N) is 1. The summed E-state index contributed by atoms with van der Waals surface area (Å²) in [5, 5.41) is 12.0. The fourth-order valence-corrected chi connectivity index (χ4v) is 6.20. The van der Waals surface area contributed by atoms with Crippen LogP contribution in [0.3, 0.4) is 0 Å². The van der Waals surface area contributed by atoms with Gasteiger partial charge >= 0.3 is 0 Å². The molecule has 0 spiro atoms. The summed E-state index contributed by atoms with van der Waals surface area (Å²) in [6.45, 7) is 3.14. The van der Waals surface area contributed by atoms with Crippen LogP contribution in [0.2, 0.25) is 0 Å². The zero-order valence-electron chi connectivity index (χ0n) is 19.4. The van der Waals surface area contributed by atoms with Gasteiger partial charge < -0.3 is 9.88 Å². The molecule has 8 nitrogen and oxygen atoms in total. The number of thioether (sulfide) groups is 1. The van der Waals surface area contributed by atoms with Gasteiger partial charge in [-0.25, -0.2) is 8.42 Å². The highest BCUT2D eigenvalue weighted by Gasteiger charge is 2.25. The van der Waals surface area contributed by atoms with Gasteiger partial charge in [0.25, 0.3) is 0 Å². The lowest BCUT2D eigenvalue weighted by Gasteiger charge is -2.20. The first-order valence-corrected chi connectivity index (χ1v) is 13.8. The number of nitrogens with zero attached hydrogens (tertiary/aromatic N) is 4. The van der Waals surface area contributed by atoms with E-state index in [9.17, 15) is 13.2 Å². The molecule has 0 bridgehead atoms. The Kier molecular flexibility index (Phi) is 7.70. The Morgan fingerprint density at radius 2 is 1.68 bits per heavy atom. The Morgan fingerprint density at radius 3 is 2.35 bits per heavy atom. The molecule has 1 amide bonds. The van der Waals surface area contributed by atoms with Gasteiger partial charge in [-0.2, -0.15) is 4.31 Å². The van der Waals surface area contributed by atoms with Crippen molar-refractivity contribution >= 4 is 33.4 Å². The first-order chi connectivity index (χ1) is 16.4. The molecule has 1 saturated heterocycles. The minimum Gasteiger partial charge on any atom is -0.325 e. The molecule has 10 heteroatoms. The Morgan fingerprint density at radius 1 is 1.00 bits per heavy atom. The summed E-state index contributed by atoms with van der Waals surface area (Å²) in [5.41, 5.74) is 2.66. The standard InChI is InChI=1S/C24H29N5O3S2/c1-18-9-5-6-10-21(18)23-26-27-24(28(23)2)33-17-22(30)25-19-11-13-20(14-12-19)34(31,32)29-15-7-3-4-8-16-29/h5-6,9-14H,3-4,7-8,15-17H2,1-2H3,(H,25,30). The van der Waals surface area contributed by atoms with E-state index in [4.69, 9.17) is 0 Å². The van der Waals surface area contributed by atoms with Crippen LogP contribution >= 0.6 is 11.8 Å². The molecule has 0 radical (unpaired) electrons. The lowest BCUT2D eigenvalue weighted by molar-refractivity contribution is -0.113. The van der Waals surface area contributed by atoms with E-state index in [0.29, 0.717) is 23.9 Å². The van der Waals surface area contributed by atoms with Gasteiger partial charge in [-0.1, -0.05) is 48.9 Å². The van der Waals surface area contributed by atoms with Crippen LogP contribution < -0.4 is 5.32 Å². The van der Waals surface area contributed by atoms with E-state index in [-0.39, 0.29) is 16.6 Å². The number of hydrogen-bond donors (Lipinski definition) is 1.